The number of rotatable bonds is 1. The third-order valence-corrected chi connectivity index (χ3v) is 4.03. The summed E-state index contributed by atoms with van der Waals surface area (Å²) in [6.07, 6.45) is 0. The maximum Gasteiger partial charge on any atom is 0.488 e. The Labute approximate surface area is 87.9 Å². The van der Waals surface area contributed by atoms with Crippen LogP contribution < -0.4 is 10.2 Å². The van der Waals surface area contributed by atoms with E-state index in [4.69, 9.17) is 10.0 Å². The summed E-state index contributed by atoms with van der Waals surface area (Å²) < 4.78 is 25.5. The molecular weight excluding hydrogens is 217 g/mol. The van der Waals surface area contributed by atoms with Gasteiger partial charge in [-0.2, -0.15) is 0 Å². The first-order valence-corrected chi connectivity index (χ1v) is 5.92. The largest absolute Gasteiger partial charge is 0.488 e. The van der Waals surface area contributed by atoms with Crippen LogP contribution in [0.2, 0.25) is 0 Å². The van der Waals surface area contributed by atoms with Crippen molar-refractivity contribution in [3.05, 3.63) is 23.8 Å². The zero-order valence-electron chi connectivity index (χ0n) is 8.01. The molecule has 0 fully saturated rings. The van der Waals surface area contributed by atoms with Crippen LogP contribution in [0.4, 0.5) is 0 Å². The zero-order chi connectivity index (χ0) is 11.2. The summed E-state index contributed by atoms with van der Waals surface area (Å²) in [5.74, 6) is 0. The van der Waals surface area contributed by atoms with Crippen molar-refractivity contribution in [3.8, 4) is 0 Å². The van der Waals surface area contributed by atoms with Gasteiger partial charge in [0.2, 0.25) is 10.0 Å². The summed E-state index contributed by atoms with van der Waals surface area (Å²) in [5.41, 5.74) is 0.861. The molecular formula is C8H10BNO4S. The van der Waals surface area contributed by atoms with Gasteiger partial charge in [-0.25, -0.2) is 13.1 Å². The highest BCUT2D eigenvalue weighted by Crippen LogP contribution is 2.29. The van der Waals surface area contributed by atoms with E-state index in [-0.39, 0.29) is 10.9 Å². The molecule has 0 spiro atoms. The number of sulfonamides is 1. The molecule has 0 aromatic heterocycles. The lowest BCUT2D eigenvalue weighted by Crippen LogP contribution is -2.30. The average molecular weight is 227 g/mol. The molecule has 0 amide bonds. The first-order valence-electron chi connectivity index (χ1n) is 4.44. The van der Waals surface area contributed by atoms with Gasteiger partial charge in [-0.1, -0.05) is 12.1 Å². The Morgan fingerprint density at radius 1 is 1.40 bits per heavy atom. The standard InChI is InChI=1S/C8H10BNO4S/c1-5-7-4-6(9(11)12)2-3-8(7)15(13,14)10-5/h2-5,10-12H,1H3. The van der Waals surface area contributed by atoms with Crippen LogP contribution in [-0.4, -0.2) is 25.6 Å². The second kappa shape index (κ2) is 3.31. The third-order valence-electron chi connectivity index (χ3n) is 2.42. The number of nitrogens with one attached hydrogen (secondary N) is 1. The van der Waals surface area contributed by atoms with E-state index in [0.717, 1.165) is 0 Å². The zero-order valence-corrected chi connectivity index (χ0v) is 8.82. The third kappa shape index (κ3) is 1.67. The summed E-state index contributed by atoms with van der Waals surface area (Å²) in [6.45, 7) is 1.71. The van der Waals surface area contributed by atoms with Crippen molar-refractivity contribution in [2.45, 2.75) is 17.9 Å². The first-order chi connectivity index (χ1) is 6.92. The van der Waals surface area contributed by atoms with Crippen molar-refractivity contribution >= 4 is 22.6 Å². The fourth-order valence-corrected chi connectivity index (χ4v) is 3.18. The molecule has 1 aliphatic heterocycles. The molecule has 3 N–H and O–H groups in total. The molecule has 1 aliphatic rings. The molecule has 15 heavy (non-hydrogen) atoms. The Morgan fingerprint density at radius 3 is 2.67 bits per heavy atom. The molecule has 0 bridgehead atoms. The topological polar surface area (TPSA) is 86.6 Å². The lowest BCUT2D eigenvalue weighted by molar-refractivity contribution is 0.425. The predicted octanol–water partition coefficient (Wildman–Crippen LogP) is -1.28. The molecule has 2 rings (SSSR count). The van der Waals surface area contributed by atoms with Gasteiger partial charge in [0.15, 0.2) is 0 Å². The fraction of sp³-hybridized carbons (Fsp3) is 0.250. The first kappa shape index (κ1) is 10.6. The minimum atomic E-state index is -3.41. The number of hydrogen-bond acceptors (Lipinski definition) is 4. The molecule has 0 saturated carbocycles. The summed E-state index contributed by atoms with van der Waals surface area (Å²) >= 11 is 0. The van der Waals surface area contributed by atoms with Crippen LogP contribution in [0.15, 0.2) is 23.1 Å². The van der Waals surface area contributed by atoms with Gasteiger partial charge in [-0.15, -0.1) is 0 Å². The maximum absolute atomic E-state index is 11.5. The Hall–Kier alpha value is -0.885. The monoisotopic (exact) mass is 227 g/mol. The highest BCUT2D eigenvalue weighted by Gasteiger charge is 2.31. The van der Waals surface area contributed by atoms with Crippen molar-refractivity contribution < 1.29 is 18.5 Å². The minimum absolute atomic E-state index is 0.208. The number of hydrogen-bond donors (Lipinski definition) is 3. The summed E-state index contributed by atoms with van der Waals surface area (Å²) in [7, 11) is -4.99. The fourth-order valence-electron chi connectivity index (χ4n) is 1.67. The van der Waals surface area contributed by atoms with E-state index in [1.54, 1.807) is 6.92 Å². The molecule has 5 nitrogen and oxygen atoms in total. The minimum Gasteiger partial charge on any atom is -0.423 e. The SMILES string of the molecule is CC1NS(=O)(=O)c2ccc(B(O)O)cc21. The smallest absolute Gasteiger partial charge is 0.423 e. The van der Waals surface area contributed by atoms with Gasteiger partial charge in [0, 0.05) is 6.04 Å². The van der Waals surface area contributed by atoms with E-state index < -0.39 is 17.1 Å². The van der Waals surface area contributed by atoms with Gasteiger partial charge < -0.3 is 10.0 Å². The maximum atomic E-state index is 11.5. The van der Waals surface area contributed by atoms with Crippen molar-refractivity contribution in [3.63, 3.8) is 0 Å². The molecule has 1 unspecified atom stereocenters. The van der Waals surface area contributed by atoms with Crippen LogP contribution in [0.3, 0.4) is 0 Å². The Bertz CT molecular complexity index is 499. The molecule has 1 aromatic rings. The van der Waals surface area contributed by atoms with Crippen LogP contribution in [-0.2, 0) is 10.0 Å². The van der Waals surface area contributed by atoms with Crippen molar-refractivity contribution in [1.29, 1.82) is 0 Å². The Morgan fingerprint density at radius 2 is 2.07 bits per heavy atom. The van der Waals surface area contributed by atoms with Crippen molar-refractivity contribution in [2.75, 3.05) is 0 Å². The van der Waals surface area contributed by atoms with Crippen LogP contribution in [0.25, 0.3) is 0 Å². The van der Waals surface area contributed by atoms with Crippen LogP contribution >= 0.6 is 0 Å². The lowest BCUT2D eigenvalue weighted by Gasteiger charge is -2.04. The van der Waals surface area contributed by atoms with E-state index in [1.165, 1.54) is 18.2 Å². The van der Waals surface area contributed by atoms with Gasteiger partial charge >= 0.3 is 7.12 Å². The number of benzene rings is 1. The van der Waals surface area contributed by atoms with E-state index in [9.17, 15) is 8.42 Å². The molecule has 1 heterocycles. The Balaban J connectivity index is 2.61. The van der Waals surface area contributed by atoms with Gasteiger partial charge in [0.25, 0.3) is 0 Å². The van der Waals surface area contributed by atoms with Gasteiger partial charge in [0.1, 0.15) is 0 Å². The summed E-state index contributed by atoms with van der Waals surface area (Å²) in [5, 5.41) is 17.9. The van der Waals surface area contributed by atoms with Gasteiger partial charge in [0.05, 0.1) is 4.90 Å². The van der Waals surface area contributed by atoms with Crippen LogP contribution in [0.5, 0.6) is 0 Å². The molecule has 7 heteroatoms. The quantitative estimate of drug-likeness (QED) is 0.521. The van der Waals surface area contributed by atoms with E-state index in [2.05, 4.69) is 4.72 Å². The highest BCUT2D eigenvalue weighted by atomic mass is 32.2. The molecule has 0 saturated heterocycles. The molecule has 1 aromatic carbocycles. The predicted molar refractivity (Wildman–Crippen MR) is 55.0 cm³/mol. The lowest BCUT2D eigenvalue weighted by atomic mass is 9.79. The second-order valence-corrected chi connectivity index (χ2v) is 5.20. The van der Waals surface area contributed by atoms with E-state index in [0.29, 0.717) is 11.0 Å². The van der Waals surface area contributed by atoms with Crippen molar-refractivity contribution in [2.24, 2.45) is 0 Å². The van der Waals surface area contributed by atoms with Gasteiger partial charge in [-0.05, 0) is 24.0 Å². The molecule has 80 valence electrons. The summed E-state index contributed by atoms with van der Waals surface area (Å²) in [4.78, 5) is 0.208. The molecule has 0 radical (unpaired) electrons. The number of fused-ring (bicyclic) bond motifs is 1. The van der Waals surface area contributed by atoms with E-state index >= 15 is 0 Å². The molecule has 1 atom stereocenters. The normalized spacial score (nSPS) is 22.5. The van der Waals surface area contributed by atoms with Crippen LogP contribution in [0, 0.1) is 0 Å². The second-order valence-electron chi connectivity index (χ2n) is 3.51. The van der Waals surface area contributed by atoms with Gasteiger partial charge in [-0.3, -0.25) is 0 Å². The summed E-state index contributed by atoms with van der Waals surface area (Å²) in [6, 6.07) is 3.93. The molecule has 0 aliphatic carbocycles. The Kier molecular flexibility index (Phi) is 2.35. The average Bonchev–Trinajstić information content (AvgIpc) is 2.37. The highest BCUT2D eigenvalue weighted by molar-refractivity contribution is 7.89. The van der Waals surface area contributed by atoms with Crippen molar-refractivity contribution in [1.82, 2.24) is 4.72 Å². The van der Waals surface area contributed by atoms with Crippen LogP contribution in [0.1, 0.15) is 18.5 Å². The van der Waals surface area contributed by atoms with E-state index in [1.807, 2.05) is 0 Å².